The maximum atomic E-state index is 11.8. The van der Waals surface area contributed by atoms with Crippen LogP contribution in [-0.2, 0) is 9.59 Å². The van der Waals surface area contributed by atoms with Gasteiger partial charge in [0.1, 0.15) is 0 Å². The van der Waals surface area contributed by atoms with Crippen LogP contribution in [0.15, 0.2) is 0 Å². The van der Waals surface area contributed by atoms with Crippen molar-refractivity contribution in [2.45, 2.75) is 37.8 Å². The Morgan fingerprint density at radius 2 is 2.00 bits per heavy atom. The van der Waals surface area contributed by atoms with E-state index in [1.807, 2.05) is 9.80 Å². The van der Waals surface area contributed by atoms with E-state index in [1.165, 1.54) is 12.8 Å². The summed E-state index contributed by atoms with van der Waals surface area (Å²) in [5, 5.41) is 0. The van der Waals surface area contributed by atoms with Crippen molar-refractivity contribution >= 4 is 11.8 Å². The van der Waals surface area contributed by atoms with Gasteiger partial charge in [0.25, 0.3) is 0 Å². The monoisotopic (exact) mass is 237 g/mol. The number of hydrogen-bond donors (Lipinski definition) is 1. The van der Waals surface area contributed by atoms with Crippen LogP contribution in [0.4, 0.5) is 0 Å². The number of carbonyl (C=O) groups is 2. The zero-order valence-corrected chi connectivity index (χ0v) is 9.97. The first-order valence-corrected chi connectivity index (χ1v) is 6.46. The van der Waals surface area contributed by atoms with Gasteiger partial charge in [-0.15, -0.1) is 0 Å². The summed E-state index contributed by atoms with van der Waals surface area (Å²) in [6, 6.07) is 0.206. The smallest absolute Gasteiger partial charge is 0.224 e. The highest BCUT2D eigenvalue weighted by atomic mass is 16.2. The standard InChI is InChI=1S/C12H19N3O2/c13-9-4-12(17)15(5-9)10-6-14(7-10)11(16)3-8-1-2-8/h8-10H,1-7,13H2. The molecule has 0 aromatic heterocycles. The van der Waals surface area contributed by atoms with Crippen molar-refractivity contribution in [1.29, 1.82) is 0 Å². The summed E-state index contributed by atoms with van der Waals surface area (Å²) in [7, 11) is 0. The van der Waals surface area contributed by atoms with Gasteiger partial charge in [0.2, 0.25) is 11.8 Å². The van der Waals surface area contributed by atoms with Crippen LogP contribution in [0, 0.1) is 5.92 Å². The summed E-state index contributed by atoms with van der Waals surface area (Å²) in [5.74, 6) is 1.06. The minimum atomic E-state index is -0.0151. The summed E-state index contributed by atoms with van der Waals surface area (Å²) in [6.07, 6.45) is 3.59. The molecule has 0 radical (unpaired) electrons. The van der Waals surface area contributed by atoms with Crippen molar-refractivity contribution in [3.8, 4) is 0 Å². The zero-order chi connectivity index (χ0) is 12.0. The molecule has 2 amide bonds. The first-order valence-electron chi connectivity index (χ1n) is 6.46. The van der Waals surface area contributed by atoms with Gasteiger partial charge in [-0.2, -0.15) is 0 Å². The number of hydrogen-bond acceptors (Lipinski definition) is 3. The van der Waals surface area contributed by atoms with Crippen LogP contribution in [0.25, 0.3) is 0 Å². The molecule has 3 rings (SSSR count). The molecule has 3 fully saturated rings. The summed E-state index contributed by atoms with van der Waals surface area (Å²) in [6.45, 7) is 2.09. The second-order valence-corrected chi connectivity index (χ2v) is 5.61. The highest BCUT2D eigenvalue weighted by Gasteiger charge is 2.41. The average molecular weight is 237 g/mol. The van der Waals surface area contributed by atoms with Gasteiger partial charge in [-0.3, -0.25) is 9.59 Å². The van der Waals surface area contributed by atoms with Crippen molar-refractivity contribution in [3.63, 3.8) is 0 Å². The molecule has 94 valence electrons. The van der Waals surface area contributed by atoms with Crippen LogP contribution in [-0.4, -0.2) is 53.3 Å². The lowest BCUT2D eigenvalue weighted by Crippen LogP contribution is -2.61. The van der Waals surface area contributed by atoms with Crippen molar-refractivity contribution < 1.29 is 9.59 Å². The maximum absolute atomic E-state index is 11.8. The Morgan fingerprint density at radius 3 is 2.53 bits per heavy atom. The number of rotatable bonds is 3. The molecule has 5 nitrogen and oxygen atoms in total. The lowest BCUT2D eigenvalue weighted by atomic mass is 10.1. The number of nitrogens with zero attached hydrogens (tertiary/aromatic N) is 2. The zero-order valence-electron chi connectivity index (χ0n) is 9.97. The van der Waals surface area contributed by atoms with Gasteiger partial charge in [-0.05, 0) is 18.8 Å². The van der Waals surface area contributed by atoms with Crippen LogP contribution in [0.5, 0.6) is 0 Å². The quantitative estimate of drug-likeness (QED) is 0.723. The van der Waals surface area contributed by atoms with Gasteiger partial charge in [-0.25, -0.2) is 0 Å². The Hall–Kier alpha value is -1.10. The molecular formula is C12H19N3O2. The highest BCUT2D eigenvalue weighted by molar-refractivity contribution is 5.81. The molecule has 0 aromatic rings. The van der Waals surface area contributed by atoms with E-state index in [1.54, 1.807) is 0 Å². The normalized spacial score (nSPS) is 29.7. The predicted octanol–water partition coefficient (Wildman–Crippen LogP) is -0.443. The van der Waals surface area contributed by atoms with E-state index in [0.717, 1.165) is 0 Å². The molecular weight excluding hydrogens is 218 g/mol. The van der Waals surface area contributed by atoms with E-state index in [9.17, 15) is 9.59 Å². The van der Waals surface area contributed by atoms with Crippen LogP contribution in [0.1, 0.15) is 25.7 Å². The van der Waals surface area contributed by atoms with Crippen molar-refractivity contribution in [3.05, 3.63) is 0 Å². The molecule has 1 unspecified atom stereocenters. The maximum Gasteiger partial charge on any atom is 0.224 e. The molecule has 2 heterocycles. The minimum absolute atomic E-state index is 0.0151. The van der Waals surface area contributed by atoms with E-state index in [0.29, 0.717) is 38.4 Å². The number of likely N-dealkylation sites (tertiary alicyclic amines) is 2. The van der Waals surface area contributed by atoms with Crippen LogP contribution < -0.4 is 5.73 Å². The molecule has 1 saturated carbocycles. The first-order chi connectivity index (χ1) is 8.13. The fraction of sp³-hybridized carbons (Fsp3) is 0.833. The van der Waals surface area contributed by atoms with Gasteiger partial charge < -0.3 is 15.5 Å². The third-order valence-electron chi connectivity index (χ3n) is 4.00. The average Bonchev–Trinajstić information content (AvgIpc) is 2.91. The van der Waals surface area contributed by atoms with E-state index in [-0.39, 0.29) is 23.9 Å². The molecule has 0 spiro atoms. The molecule has 1 aliphatic carbocycles. The molecule has 17 heavy (non-hydrogen) atoms. The highest BCUT2D eigenvalue weighted by Crippen LogP contribution is 2.33. The second-order valence-electron chi connectivity index (χ2n) is 5.61. The lowest BCUT2D eigenvalue weighted by Gasteiger charge is -2.44. The molecule has 2 saturated heterocycles. The van der Waals surface area contributed by atoms with E-state index in [2.05, 4.69) is 0 Å². The van der Waals surface area contributed by atoms with Crippen molar-refractivity contribution in [1.82, 2.24) is 9.80 Å². The predicted molar refractivity (Wildman–Crippen MR) is 62.0 cm³/mol. The van der Waals surface area contributed by atoms with Crippen molar-refractivity contribution in [2.24, 2.45) is 11.7 Å². The molecule has 5 heteroatoms. The summed E-state index contributed by atoms with van der Waals surface area (Å²) in [5.41, 5.74) is 5.76. The van der Waals surface area contributed by atoms with E-state index < -0.39 is 0 Å². The second kappa shape index (κ2) is 3.98. The van der Waals surface area contributed by atoms with Crippen molar-refractivity contribution in [2.75, 3.05) is 19.6 Å². The van der Waals surface area contributed by atoms with Gasteiger partial charge in [-0.1, -0.05) is 0 Å². The Bertz CT molecular complexity index is 348. The van der Waals surface area contributed by atoms with Gasteiger partial charge in [0.05, 0.1) is 6.04 Å². The Labute approximate surface area is 101 Å². The number of carbonyl (C=O) groups excluding carboxylic acids is 2. The van der Waals surface area contributed by atoms with Gasteiger partial charge >= 0.3 is 0 Å². The van der Waals surface area contributed by atoms with Crippen LogP contribution in [0.3, 0.4) is 0 Å². The Kier molecular flexibility index (Phi) is 2.58. The number of amides is 2. The molecule has 0 bridgehead atoms. The van der Waals surface area contributed by atoms with Crippen LogP contribution in [0.2, 0.25) is 0 Å². The summed E-state index contributed by atoms with van der Waals surface area (Å²) >= 11 is 0. The fourth-order valence-corrected chi connectivity index (χ4v) is 2.67. The minimum Gasteiger partial charge on any atom is -0.338 e. The fourth-order valence-electron chi connectivity index (χ4n) is 2.67. The van der Waals surface area contributed by atoms with E-state index >= 15 is 0 Å². The third kappa shape index (κ3) is 2.16. The molecule has 2 N–H and O–H groups in total. The largest absolute Gasteiger partial charge is 0.338 e. The lowest BCUT2D eigenvalue weighted by molar-refractivity contribution is -0.144. The Morgan fingerprint density at radius 1 is 1.29 bits per heavy atom. The Balaban J connectivity index is 1.47. The van der Waals surface area contributed by atoms with Gasteiger partial charge in [0, 0.05) is 38.5 Å². The van der Waals surface area contributed by atoms with Gasteiger partial charge in [0.15, 0.2) is 0 Å². The molecule has 2 aliphatic heterocycles. The SMILES string of the molecule is NC1CC(=O)N(C2CN(C(=O)CC3CC3)C2)C1. The van der Waals surface area contributed by atoms with Crippen LogP contribution >= 0.6 is 0 Å². The molecule has 3 aliphatic rings. The first kappa shape index (κ1) is 11.0. The third-order valence-corrected chi connectivity index (χ3v) is 4.00. The summed E-state index contributed by atoms with van der Waals surface area (Å²) < 4.78 is 0. The summed E-state index contributed by atoms with van der Waals surface area (Å²) in [4.78, 5) is 27.1. The molecule has 1 atom stereocenters. The molecule has 0 aromatic carbocycles. The van der Waals surface area contributed by atoms with E-state index in [4.69, 9.17) is 5.73 Å². The topological polar surface area (TPSA) is 66.6 Å². The number of nitrogens with two attached hydrogens (primary N) is 1.